The summed E-state index contributed by atoms with van der Waals surface area (Å²) in [4.78, 5) is 11.0. The first-order chi connectivity index (χ1) is 8.72. The van der Waals surface area contributed by atoms with E-state index in [1.54, 1.807) is 0 Å². The molecule has 2 unspecified atom stereocenters. The molecule has 0 aromatic rings. The van der Waals surface area contributed by atoms with Crippen LogP contribution in [0.15, 0.2) is 12.2 Å². The van der Waals surface area contributed by atoms with Gasteiger partial charge in [0.1, 0.15) is 0 Å². The predicted molar refractivity (Wildman–Crippen MR) is 74.4 cm³/mol. The molecule has 0 radical (unpaired) electrons. The summed E-state index contributed by atoms with van der Waals surface area (Å²) in [5.74, 6) is 1.56. The van der Waals surface area contributed by atoms with E-state index >= 15 is 0 Å². The molecule has 104 valence electrons. The van der Waals surface area contributed by atoms with E-state index in [9.17, 15) is 4.79 Å². The van der Waals surface area contributed by atoms with Crippen molar-refractivity contribution < 1.29 is 9.53 Å². The van der Waals surface area contributed by atoms with Crippen LogP contribution in [0.5, 0.6) is 0 Å². The maximum Gasteiger partial charge on any atom is 0.330 e. The third-order valence-electron chi connectivity index (χ3n) is 3.58. The lowest BCUT2D eigenvalue weighted by atomic mass is 9.81. The maximum atomic E-state index is 11.0. The second kappa shape index (κ2) is 9.15. The van der Waals surface area contributed by atoms with Gasteiger partial charge in [-0.2, -0.15) is 0 Å². The van der Waals surface area contributed by atoms with Crippen molar-refractivity contribution in [2.75, 3.05) is 19.7 Å². The van der Waals surface area contributed by atoms with Crippen molar-refractivity contribution in [3.8, 4) is 0 Å². The number of hydrogen-bond acceptors (Lipinski definition) is 3. The highest BCUT2D eigenvalue weighted by Gasteiger charge is 2.17. The van der Waals surface area contributed by atoms with Gasteiger partial charge < -0.3 is 10.1 Å². The van der Waals surface area contributed by atoms with E-state index in [4.69, 9.17) is 4.74 Å². The zero-order valence-corrected chi connectivity index (χ0v) is 11.8. The Morgan fingerprint density at radius 3 is 3.00 bits per heavy atom. The Morgan fingerprint density at radius 2 is 2.28 bits per heavy atom. The van der Waals surface area contributed by atoms with Crippen molar-refractivity contribution in [3.63, 3.8) is 0 Å². The highest BCUT2D eigenvalue weighted by atomic mass is 16.5. The van der Waals surface area contributed by atoms with Gasteiger partial charge in [0.25, 0.3) is 0 Å². The molecule has 0 aromatic heterocycles. The molecule has 0 spiro atoms. The number of nitrogens with one attached hydrogen (secondary N) is 1. The molecule has 1 aliphatic rings. The second-order valence-corrected chi connectivity index (χ2v) is 5.29. The van der Waals surface area contributed by atoms with Crippen LogP contribution < -0.4 is 5.32 Å². The second-order valence-electron chi connectivity index (χ2n) is 5.29. The normalized spacial score (nSPS) is 24.3. The van der Waals surface area contributed by atoms with E-state index in [-0.39, 0.29) is 5.97 Å². The van der Waals surface area contributed by atoms with Crippen LogP contribution in [0.25, 0.3) is 0 Å². The van der Waals surface area contributed by atoms with Crippen LogP contribution in [-0.4, -0.2) is 25.7 Å². The molecule has 1 aliphatic carbocycles. The molecule has 0 aliphatic heterocycles. The molecule has 1 N–H and O–H groups in total. The highest BCUT2D eigenvalue weighted by Crippen LogP contribution is 2.30. The Bertz CT molecular complexity index is 263. The summed E-state index contributed by atoms with van der Waals surface area (Å²) in [5, 5.41) is 3.35. The van der Waals surface area contributed by atoms with Crippen molar-refractivity contribution in [2.24, 2.45) is 11.8 Å². The Balaban J connectivity index is 1.99. The average Bonchev–Trinajstić information content (AvgIpc) is 2.34. The molecule has 1 rings (SSSR count). The summed E-state index contributed by atoms with van der Waals surface area (Å²) in [5.41, 5.74) is 0. The monoisotopic (exact) mass is 253 g/mol. The Labute approximate surface area is 111 Å². The minimum absolute atomic E-state index is 0.250. The van der Waals surface area contributed by atoms with Gasteiger partial charge in [0.2, 0.25) is 0 Å². The van der Waals surface area contributed by atoms with Crippen molar-refractivity contribution in [3.05, 3.63) is 12.2 Å². The lowest BCUT2D eigenvalue weighted by molar-refractivity contribution is -0.137. The molecule has 2 atom stereocenters. The highest BCUT2D eigenvalue weighted by molar-refractivity contribution is 5.81. The van der Waals surface area contributed by atoms with Gasteiger partial charge in [-0.05, 0) is 38.1 Å². The number of ether oxygens (including phenoxy) is 1. The lowest BCUT2D eigenvalue weighted by Crippen LogP contribution is -2.21. The van der Waals surface area contributed by atoms with Gasteiger partial charge in [-0.3, -0.25) is 0 Å². The number of carbonyl (C=O) groups excluding carboxylic acids is 1. The number of carbonyl (C=O) groups is 1. The molecule has 0 heterocycles. The van der Waals surface area contributed by atoms with Gasteiger partial charge >= 0.3 is 5.97 Å². The van der Waals surface area contributed by atoms with Gasteiger partial charge in [-0.15, -0.1) is 0 Å². The van der Waals surface area contributed by atoms with Crippen molar-refractivity contribution >= 4 is 5.97 Å². The van der Waals surface area contributed by atoms with Crippen LogP contribution in [0.3, 0.4) is 0 Å². The minimum Gasteiger partial charge on any atom is -0.463 e. The van der Waals surface area contributed by atoms with Crippen LogP contribution in [0.4, 0.5) is 0 Å². The maximum absolute atomic E-state index is 11.0. The summed E-state index contributed by atoms with van der Waals surface area (Å²) in [7, 11) is 0. The van der Waals surface area contributed by atoms with Crippen molar-refractivity contribution in [1.82, 2.24) is 5.32 Å². The fourth-order valence-electron chi connectivity index (χ4n) is 2.66. The van der Waals surface area contributed by atoms with Gasteiger partial charge in [-0.1, -0.05) is 32.3 Å². The fraction of sp³-hybridized carbons (Fsp3) is 0.800. The van der Waals surface area contributed by atoms with Gasteiger partial charge in [0, 0.05) is 12.6 Å². The summed E-state index contributed by atoms with van der Waals surface area (Å²) in [6, 6.07) is 0. The van der Waals surface area contributed by atoms with Crippen LogP contribution >= 0.6 is 0 Å². The Morgan fingerprint density at radius 1 is 1.44 bits per heavy atom. The van der Waals surface area contributed by atoms with E-state index in [0.29, 0.717) is 6.61 Å². The van der Waals surface area contributed by atoms with Crippen LogP contribution in [0.1, 0.15) is 46.0 Å². The molecule has 1 saturated carbocycles. The van der Waals surface area contributed by atoms with E-state index in [1.807, 2.05) is 13.0 Å². The largest absolute Gasteiger partial charge is 0.463 e. The summed E-state index contributed by atoms with van der Waals surface area (Å²) >= 11 is 0. The first kappa shape index (κ1) is 15.2. The molecular formula is C15H27NO2. The average molecular weight is 253 g/mol. The first-order valence-electron chi connectivity index (χ1n) is 7.26. The van der Waals surface area contributed by atoms with Gasteiger partial charge in [0.15, 0.2) is 0 Å². The van der Waals surface area contributed by atoms with Crippen molar-refractivity contribution in [1.29, 1.82) is 0 Å². The fourth-order valence-corrected chi connectivity index (χ4v) is 2.66. The Kier molecular flexibility index (Phi) is 7.74. The summed E-state index contributed by atoms with van der Waals surface area (Å²) in [6.07, 6.45) is 10.2. The predicted octanol–water partition coefficient (Wildman–Crippen LogP) is 2.91. The number of rotatable bonds is 7. The van der Waals surface area contributed by atoms with Crippen molar-refractivity contribution in [2.45, 2.75) is 46.0 Å². The first-order valence-corrected chi connectivity index (χ1v) is 7.26. The molecule has 0 aromatic carbocycles. The van der Waals surface area contributed by atoms with Crippen LogP contribution in [-0.2, 0) is 9.53 Å². The molecule has 3 nitrogen and oxygen atoms in total. The molecule has 18 heavy (non-hydrogen) atoms. The topological polar surface area (TPSA) is 38.3 Å². The quantitative estimate of drug-likeness (QED) is 0.431. The zero-order chi connectivity index (χ0) is 13.2. The van der Waals surface area contributed by atoms with E-state index in [2.05, 4.69) is 12.2 Å². The van der Waals surface area contributed by atoms with E-state index in [1.165, 1.54) is 38.2 Å². The van der Waals surface area contributed by atoms with Gasteiger partial charge in [0.05, 0.1) is 6.61 Å². The SMILES string of the molecule is CCOC(=O)/C=C/CNCCC1CCCC(C)C1. The van der Waals surface area contributed by atoms with E-state index in [0.717, 1.165) is 24.9 Å². The molecule has 0 saturated heterocycles. The summed E-state index contributed by atoms with van der Waals surface area (Å²) in [6.45, 7) is 6.42. The third-order valence-corrected chi connectivity index (χ3v) is 3.58. The molecule has 0 amide bonds. The number of esters is 1. The van der Waals surface area contributed by atoms with Gasteiger partial charge in [-0.25, -0.2) is 4.79 Å². The lowest BCUT2D eigenvalue weighted by Gasteiger charge is -2.26. The van der Waals surface area contributed by atoms with Crippen LogP contribution in [0.2, 0.25) is 0 Å². The minimum atomic E-state index is -0.250. The smallest absolute Gasteiger partial charge is 0.330 e. The molecule has 0 bridgehead atoms. The Hall–Kier alpha value is -0.830. The van der Waals surface area contributed by atoms with E-state index < -0.39 is 0 Å². The standard InChI is InChI=1S/C15H27NO2/c1-3-18-15(17)8-5-10-16-11-9-14-7-4-6-13(2)12-14/h5,8,13-14,16H,3-4,6-7,9-12H2,1-2H3/b8-5+. The number of hydrogen-bond donors (Lipinski definition) is 1. The molecular weight excluding hydrogens is 226 g/mol. The molecule has 3 heteroatoms. The van der Waals surface area contributed by atoms with Crippen LogP contribution in [0, 0.1) is 11.8 Å². The summed E-state index contributed by atoms with van der Waals surface area (Å²) < 4.78 is 4.80. The molecule has 1 fully saturated rings. The zero-order valence-electron chi connectivity index (χ0n) is 11.8. The third kappa shape index (κ3) is 6.80.